The molecule has 0 unspecified atom stereocenters. The van der Waals surface area contributed by atoms with E-state index in [1.807, 2.05) is 24.3 Å². The van der Waals surface area contributed by atoms with Gasteiger partial charge in [0.05, 0.1) is 5.39 Å². The van der Waals surface area contributed by atoms with E-state index >= 15 is 0 Å². The maximum atomic E-state index is 11.1. The normalized spacial score (nSPS) is 15.6. The van der Waals surface area contributed by atoms with Gasteiger partial charge in [0.15, 0.2) is 0 Å². The number of carbonyl (C=O) groups excluding carboxylic acids is 1. The highest BCUT2D eigenvalue weighted by Crippen LogP contribution is 2.39. The molecule has 0 aliphatic carbocycles. The molecular formula is C18H15ClN3O2S-. The first-order valence-corrected chi connectivity index (χ1v) is 9.33. The summed E-state index contributed by atoms with van der Waals surface area (Å²) in [7, 11) is 0. The third-order valence-corrected chi connectivity index (χ3v) is 5.77. The van der Waals surface area contributed by atoms with E-state index in [1.165, 1.54) is 0 Å². The van der Waals surface area contributed by atoms with Crippen LogP contribution in [0, 0.1) is 5.92 Å². The van der Waals surface area contributed by atoms with E-state index in [9.17, 15) is 9.90 Å². The van der Waals surface area contributed by atoms with Gasteiger partial charge in [0.2, 0.25) is 0 Å². The molecule has 1 saturated heterocycles. The van der Waals surface area contributed by atoms with Crippen molar-refractivity contribution in [3.05, 3.63) is 41.0 Å². The molecule has 0 bridgehead atoms. The van der Waals surface area contributed by atoms with E-state index in [4.69, 9.17) is 11.6 Å². The highest BCUT2D eigenvalue weighted by molar-refractivity contribution is 7.17. The summed E-state index contributed by atoms with van der Waals surface area (Å²) in [5.41, 5.74) is 2.14. The summed E-state index contributed by atoms with van der Waals surface area (Å²) in [5, 5.41) is 14.9. The Morgan fingerprint density at radius 2 is 1.92 bits per heavy atom. The Balaban J connectivity index is 1.74. The quantitative estimate of drug-likeness (QED) is 0.707. The van der Waals surface area contributed by atoms with Gasteiger partial charge in [-0.05, 0) is 30.5 Å². The van der Waals surface area contributed by atoms with Crippen LogP contribution in [0.1, 0.15) is 12.8 Å². The molecule has 7 heteroatoms. The van der Waals surface area contributed by atoms with E-state index in [0.717, 1.165) is 27.2 Å². The van der Waals surface area contributed by atoms with Crippen LogP contribution in [0.15, 0.2) is 36.0 Å². The van der Waals surface area contributed by atoms with Gasteiger partial charge < -0.3 is 14.8 Å². The van der Waals surface area contributed by atoms with Crippen molar-refractivity contribution in [3.8, 4) is 11.1 Å². The molecule has 3 heterocycles. The van der Waals surface area contributed by atoms with Crippen LogP contribution in [0.4, 0.5) is 5.82 Å². The van der Waals surface area contributed by atoms with Gasteiger partial charge in [-0.15, -0.1) is 11.3 Å². The summed E-state index contributed by atoms with van der Waals surface area (Å²) in [4.78, 5) is 23.0. The minimum Gasteiger partial charge on any atom is -0.550 e. The number of rotatable bonds is 3. The van der Waals surface area contributed by atoms with E-state index in [0.29, 0.717) is 31.0 Å². The topological polar surface area (TPSA) is 69.2 Å². The monoisotopic (exact) mass is 372 g/mol. The predicted octanol–water partition coefficient (Wildman–Crippen LogP) is 2.98. The number of aliphatic carboxylic acids is 1. The number of anilines is 1. The number of nitrogens with zero attached hydrogens (tertiary/aromatic N) is 3. The van der Waals surface area contributed by atoms with Crippen molar-refractivity contribution >= 4 is 44.9 Å². The molecule has 25 heavy (non-hydrogen) atoms. The minimum absolute atomic E-state index is 0.369. The molecule has 1 aromatic carbocycles. The number of fused-ring (bicyclic) bond motifs is 1. The van der Waals surface area contributed by atoms with Crippen LogP contribution in [-0.4, -0.2) is 29.0 Å². The van der Waals surface area contributed by atoms with E-state index in [2.05, 4.69) is 20.2 Å². The van der Waals surface area contributed by atoms with Crippen molar-refractivity contribution in [1.29, 1.82) is 0 Å². The second-order valence-corrected chi connectivity index (χ2v) is 7.41. The summed E-state index contributed by atoms with van der Waals surface area (Å²) < 4.78 is 0. The van der Waals surface area contributed by atoms with Crippen molar-refractivity contribution < 1.29 is 9.90 Å². The van der Waals surface area contributed by atoms with Gasteiger partial charge in [0.1, 0.15) is 17.0 Å². The Bertz CT molecular complexity index is 918. The average Bonchev–Trinajstić information content (AvgIpc) is 3.07. The maximum absolute atomic E-state index is 11.1. The zero-order chi connectivity index (χ0) is 17.4. The van der Waals surface area contributed by atoms with Crippen LogP contribution in [0.3, 0.4) is 0 Å². The number of benzene rings is 1. The Hall–Kier alpha value is -2.18. The SMILES string of the molecule is O=C([O-])C1CCN(c2ncnc3scc(-c4ccc(Cl)cc4)c23)CC1. The number of aromatic nitrogens is 2. The molecule has 1 aliphatic rings. The van der Waals surface area contributed by atoms with Crippen molar-refractivity contribution in [2.75, 3.05) is 18.0 Å². The number of halogens is 1. The van der Waals surface area contributed by atoms with Gasteiger partial charge in [-0.25, -0.2) is 9.97 Å². The molecule has 4 rings (SSSR count). The number of hydrogen-bond acceptors (Lipinski definition) is 6. The van der Waals surface area contributed by atoms with E-state index < -0.39 is 5.97 Å². The maximum Gasteiger partial charge on any atom is 0.141 e. The lowest BCUT2D eigenvalue weighted by molar-refractivity contribution is -0.312. The second-order valence-electron chi connectivity index (χ2n) is 6.11. The highest BCUT2D eigenvalue weighted by atomic mass is 35.5. The molecule has 0 saturated carbocycles. The molecular weight excluding hydrogens is 358 g/mol. The number of hydrogen-bond donors (Lipinski definition) is 0. The molecule has 1 fully saturated rings. The number of carboxylic acids is 1. The molecule has 128 valence electrons. The summed E-state index contributed by atoms with van der Waals surface area (Å²) >= 11 is 7.58. The van der Waals surface area contributed by atoms with Crippen LogP contribution < -0.4 is 10.0 Å². The van der Waals surface area contributed by atoms with Gasteiger partial charge in [0.25, 0.3) is 0 Å². The largest absolute Gasteiger partial charge is 0.550 e. The van der Waals surface area contributed by atoms with Crippen LogP contribution in [0.25, 0.3) is 21.3 Å². The van der Waals surface area contributed by atoms with Crippen LogP contribution >= 0.6 is 22.9 Å². The van der Waals surface area contributed by atoms with Crippen molar-refractivity contribution in [1.82, 2.24) is 9.97 Å². The summed E-state index contributed by atoms with van der Waals surface area (Å²) in [6, 6.07) is 7.72. The fraction of sp³-hybridized carbons (Fsp3) is 0.278. The van der Waals surface area contributed by atoms with E-state index in [1.54, 1.807) is 17.7 Å². The molecule has 0 N–H and O–H groups in total. The first-order chi connectivity index (χ1) is 12.1. The molecule has 0 spiro atoms. The lowest BCUT2D eigenvalue weighted by Crippen LogP contribution is -2.41. The van der Waals surface area contributed by atoms with Gasteiger partial charge in [-0.2, -0.15) is 0 Å². The Morgan fingerprint density at radius 1 is 1.20 bits per heavy atom. The van der Waals surface area contributed by atoms with Gasteiger partial charge in [-0.1, -0.05) is 23.7 Å². The Labute approximate surface area is 153 Å². The summed E-state index contributed by atoms with van der Waals surface area (Å²) in [6.45, 7) is 1.31. The first-order valence-electron chi connectivity index (χ1n) is 8.07. The number of thiophene rings is 1. The average molecular weight is 373 g/mol. The van der Waals surface area contributed by atoms with Gasteiger partial charge >= 0.3 is 0 Å². The zero-order valence-electron chi connectivity index (χ0n) is 13.3. The van der Waals surface area contributed by atoms with Crippen LogP contribution in [0.2, 0.25) is 5.02 Å². The number of piperidine rings is 1. The minimum atomic E-state index is -0.954. The van der Waals surface area contributed by atoms with Crippen LogP contribution in [-0.2, 0) is 4.79 Å². The van der Waals surface area contributed by atoms with Gasteiger partial charge in [0, 0.05) is 40.9 Å². The molecule has 1 aliphatic heterocycles. The first kappa shape index (κ1) is 16.3. The molecule has 0 amide bonds. The summed E-state index contributed by atoms with van der Waals surface area (Å²) in [5.74, 6) is -0.454. The molecule has 5 nitrogen and oxygen atoms in total. The smallest absolute Gasteiger partial charge is 0.141 e. The highest BCUT2D eigenvalue weighted by Gasteiger charge is 2.24. The Kier molecular flexibility index (Phi) is 4.31. The summed E-state index contributed by atoms with van der Waals surface area (Å²) in [6.07, 6.45) is 2.73. The third kappa shape index (κ3) is 3.07. The standard InChI is InChI=1S/C18H16ClN3O2S/c19-13-3-1-11(2-4-13)14-9-25-17-15(14)16(20-10-21-17)22-7-5-12(6-8-22)18(23)24/h1-4,9-10,12H,5-8H2,(H,23,24)/p-1. The van der Waals surface area contributed by atoms with Crippen molar-refractivity contribution in [3.63, 3.8) is 0 Å². The zero-order valence-corrected chi connectivity index (χ0v) is 14.9. The van der Waals surface area contributed by atoms with Crippen LogP contribution in [0.5, 0.6) is 0 Å². The molecule has 3 aromatic rings. The molecule has 2 aromatic heterocycles. The Morgan fingerprint density at radius 3 is 2.60 bits per heavy atom. The lowest BCUT2D eigenvalue weighted by atomic mass is 9.96. The molecule has 0 radical (unpaired) electrons. The number of carbonyl (C=O) groups is 1. The molecule has 0 atom stereocenters. The van der Waals surface area contributed by atoms with Crippen molar-refractivity contribution in [2.24, 2.45) is 5.92 Å². The fourth-order valence-corrected chi connectivity index (χ4v) is 4.30. The lowest BCUT2D eigenvalue weighted by Gasteiger charge is -2.33. The van der Waals surface area contributed by atoms with Crippen molar-refractivity contribution in [2.45, 2.75) is 12.8 Å². The predicted molar refractivity (Wildman–Crippen MR) is 97.8 cm³/mol. The second kappa shape index (κ2) is 6.61. The number of carboxylic acid groups (broad SMARTS) is 1. The third-order valence-electron chi connectivity index (χ3n) is 4.63. The van der Waals surface area contributed by atoms with E-state index in [-0.39, 0.29) is 5.92 Å². The van der Waals surface area contributed by atoms with Gasteiger partial charge in [-0.3, -0.25) is 0 Å². The fourth-order valence-electron chi connectivity index (χ4n) is 3.27.